The third-order valence-electron chi connectivity index (χ3n) is 12.2. The maximum Gasteiger partial charge on any atom is 0.306 e. The first-order valence-electron chi connectivity index (χ1n) is 28.4. The summed E-state index contributed by atoms with van der Waals surface area (Å²) in [5, 5.41) is 0. The molecule has 0 spiro atoms. The molecule has 0 heterocycles. The molecule has 0 aromatic carbocycles. The van der Waals surface area contributed by atoms with Gasteiger partial charge in [-0.05, 0) is 116 Å². The Morgan fingerprint density at radius 2 is 0.537 bits per heavy atom. The predicted octanol–water partition coefficient (Wildman–Crippen LogP) is 19.0. The van der Waals surface area contributed by atoms with Gasteiger partial charge in [0.1, 0.15) is 13.2 Å². The highest BCUT2D eigenvalue weighted by Crippen LogP contribution is 2.14. The molecular weight excluding hydrogens is 829 g/mol. The van der Waals surface area contributed by atoms with Crippen LogP contribution in [0.1, 0.15) is 278 Å². The number of rotatable bonds is 51. The van der Waals surface area contributed by atoms with Crippen molar-refractivity contribution in [2.45, 2.75) is 284 Å². The zero-order chi connectivity index (χ0) is 48.6. The molecule has 0 amide bonds. The fourth-order valence-electron chi connectivity index (χ4n) is 7.83. The van der Waals surface area contributed by atoms with Gasteiger partial charge < -0.3 is 14.2 Å². The van der Waals surface area contributed by atoms with Crippen molar-refractivity contribution in [1.29, 1.82) is 0 Å². The van der Waals surface area contributed by atoms with Gasteiger partial charge in [0.25, 0.3) is 0 Å². The summed E-state index contributed by atoms with van der Waals surface area (Å²) < 4.78 is 16.8. The van der Waals surface area contributed by atoms with E-state index in [0.717, 1.165) is 96.3 Å². The molecule has 0 saturated carbocycles. The number of hydrogen-bond donors (Lipinski definition) is 0. The van der Waals surface area contributed by atoms with Crippen molar-refractivity contribution >= 4 is 17.9 Å². The first kappa shape index (κ1) is 63.8. The van der Waals surface area contributed by atoms with Crippen LogP contribution in [-0.2, 0) is 28.6 Å². The van der Waals surface area contributed by atoms with Gasteiger partial charge in [-0.2, -0.15) is 0 Å². The molecule has 0 aliphatic carbocycles. The van der Waals surface area contributed by atoms with E-state index >= 15 is 0 Å². The largest absolute Gasteiger partial charge is 0.462 e. The highest BCUT2D eigenvalue weighted by atomic mass is 16.6. The molecule has 0 unspecified atom stereocenters. The first-order valence-corrected chi connectivity index (χ1v) is 28.4. The fourth-order valence-corrected chi connectivity index (χ4v) is 7.83. The van der Waals surface area contributed by atoms with Gasteiger partial charge in [-0.15, -0.1) is 0 Å². The molecular formula is C61H106O6. The lowest BCUT2D eigenvalue weighted by Gasteiger charge is -2.18. The summed E-state index contributed by atoms with van der Waals surface area (Å²) in [4.78, 5) is 38.1. The van der Waals surface area contributed by atoms with Gasteiger partial charge in [0.15, 0.2) is 6.10 Å². The Morgan fingerprint density at radius 1 is 0.299 bits per heavy atom. The topological polar surface area (TPSA) is 78.9 Å². The average molecular weight is 936 g/mol. The number of carbonyl (C=O) groups excluding carboxylic acids is 3. The predicted molar refractivity (Wildman–Crippen MR) is 288 cm³/mol. The second-order valence-electron chi connectivity index (χ2n) is 18.8. The van der Waals surface area contributed by atoms with E-state index in [1.165, 1.54) is 141 Å². The third kappa shape index (κ3) is 53.7. The second kappa shape index (κ2) is 55.4. The van der Waals surface area contributed by atoms with Crippen molar-refractivity contribution in [1.82, 2.24) is 0 Å². The zero-order valence-electron chi connectivity index (χ0n) is 44.2. The van der Waals surface area contributed by atoms with Gasteiger partial charge in [0.05, 0.1) is 0 Å². The Kier molecular flexibility index (Phi) is 52.8. The van der Waals surface area contributed by atoms with Gasteiger partial charge in [-0.25, -0.2) is 0 Å². The Bertz CT molecular complexity index is 1260. The van der Waals surface area contributed by atoms with E-state index in [9.17, 15) is 14.4 Å². The molecule has 0 aliphatic rings. The van der Waals surface area contributed by atoms with Crippen molar-refractivity contribution in [2.24, 2.45) is 0 Å². The van der Waals surface area contributed by atoms with Crippen LogP contribution in [0.4, 0.5) is 0 Å². The molecule has 0 bridgehead atoms. The molecule has 0 aromatic heterocycles. The van der Waals surface area contributed by atoms with Gasteiger partial charge in [0.2, 0.25) is 0 Å². The molecule has 0 saturated heterocycles. The van der Waals surface area contributed by atoms with Crippen molar-refractivity contribution in [3.63, 3.8) is 0 Å². The number of esters is 3. The van der Waals surface area contributed by atoms with Crippen molar-refractivity contribution in [3.05, 3.63) is 72.9 Å². The smallest absolute Gasteiger partial charge is 0.306 e. The van der Waals surface area contributed by atoms with Crippen LogP contribution in [0, 0.1) is 0 Å². The molecule has 0 fully saturated rings. The summed E-state index contributed by atoms with van der Waals surface area (Å²) in [6, 6.07) is 0. The summed E-state index contributed by atoms with van der Waals surface area (Å²) in [5.74, 6) is -0.917. The quantitative estimate of drug-likeness (QED) is 0.0262. The summed E-state index contributed by atoms with van der Waals surface area (Å²) in [7, 11) is 0. The SMILES string of the molecule is CCCCC/C=C\C/C=C\C/C=C\CCCCCCC(=O)O[C@H](COC(=O)CCCCCCC/C=C\CCCCCC)COC(=O)CCCCCCCCCCC/C=C\C/C=C\CCCCC. The van der Waals surface area contributed by atoms with E-state index in [-0.39, 0.29) is 31.1 Å². The molecule has 0 N–H and O–H groups in total. The molecule has 0 aromatic rings. The van der Waals surface area contributed by atoms with Gasteiger partial charge in [-0.1, -0.05) is 216 Å². The highest BCUT2D eigenvalue weighted by molar-refractivity contribution is 5.71. The number of carbonyl (C=O) groups is 3. The fraction of sp³-hybridized carbons (Fsp3) is 0.754. The molecule has 0 radical (unpaired) electrons. The lowest BCUT2D eigenvalue weighted by Crippen LogP contribution is -2.30. The van der Waals surface area contributed by atoms with Crippen LogP contribution in [0.3, 0.4) is 0 Å². The number of allylic oxidation sites excluding steroid dienone is 12. The Labute approximate surface area is 414 Å². The molecule has 1 atom stereocenters. The minimum Gasteiger partial charge on any atom is -0.462 e. The van der Waals surface area contributed by atoms with Crippen LogP contribution in [-0.4, -0.2) is 37.2 Å². The van der Waals surface area contributed by atoms with Gasteiger partial charge in [-0.3, -0.25) is 14.4 Å². The van der Waals surface area contributed by atoms with Crippen LogP contribution in [0.5, 0.6) is 0 Å². The average Bonchev–Trinajstić information content (AvgIpc) is 3.33. The van der Waals surface area contributed by atoms with Crippen molar-refractivity contribution in [2.75, 3.05) is 13.2 Å². The lowest BCUT2D eigenvalue weighted by molar-refractivity contribution is -0.167. The minimum absolute atomic E-state index is 0.0890. The standard InChI is InChI=1S/C61H106O6/c1-4-7-10-13-16-19-22-25-27-29-30-32-33-36-39-42-45-48-51-54-60(63)66-57-58(56-65-59(62)53-50-47-44-41-38-35-24-21-18-15-12-9-6-3)67-61(64)55-52-49-46-43-40-37-34-31-28-26-23-20-17-14-11-8-5-2/h16-17,19-21,24-28,34,37,58H,4-15,18,22-23,29-33,35-36,38-57H2,1-3H3/b19-16-,20-17-,24-21-,27-25-,28-26-,37-34-/t58-/m1/s1. The van der Waals surface area contributed by atoms with Crippen LogP contribution in [0.25, 0.3) is 0 Å². The third-order valence-corrected chi connectivity index (χ3v) is 12.2. The molecule has 6 nitrogen and oxygen atoms in total. The Hall–Kier alpha value is -3.15. The molecule has 386 valence electrons. The summed E-state index contributed by atoms with van der Waals surface area (Å²) >= 11 is 0. The van der Waals surface area contributed by atoms with E-state index < -0.39 is 6.10 Å². The Balaban J connectivity index is 4.41. The number of hydrogen-bond acceptors (Lipinski definition) is 6. The highest BCUT2D eigenvalue weighted by Gasteiger charge is 2.19. The molecule has 0 rings (SSSR count). The normalized spacial score (nSPS) is 12.6. The minimum atomic E-state index is -0.792. The van der Waals surface area contributed by atoms with Gasteiger partial charge in [0, 0.05) is 19.3 Å². The summed E-state index contributed by atoms with van der Waals surface area (Å²) in [5.41, 5.74) is 0. The molecule has 0 aliphatic heterocycles. The van der Waals surface area contributed by atoms with Gasteiger partial charge >= 0.3 is 17.9 Å². The lowest BCUT2D eigenvalue weighted by atomic mass is 10.1. The van der Waals surface area contributed by atoms with E-state index in [1.807, 2.05) is 0 Å². The first-order chi connectivity index (χ1) is 33.0. The van der Waals surface area contributed by atoms with Crippen LogP contribution < -0.4 is 0 Å². The summed E-state index contributed by atoms with van der Waals surface area (Å²) in [6.07, 6.45) is 70.2. The van der Waals surface area contributed by atoms with Crippen LogP contribution in [0.2, 0.25) is 0 Å². The van der Waals surface area contributed by atoms with Crippen molar-refractivity contribution < 1.29 is 28.6 Å². The van der Waals surface area contributed by atoms with E-state index in [1.54, 1.807) is 0 Å². The van der Waals surface area contributed by atoms with Crippen LogP contribution >= 0.6 is 0 Å². The molecule has 67 heavy (non-hydrogen) atoms. The number of unbranched alkanes of at least 4 members (excludes halogenated alkanes) is 28. The van der Waals surface area contributed by atoms with Crippen molar-refractivity contribution in [3.8, 4) is 0 Å². The number of ether oxygens (including phenoxy) is 3. The molecule has 6 heteroatoms. The Morgan fingerprint density at radius 3 is 0.881 bits per heavy atom. The zero-order valence-corrected chi connectivity index (χ0v) is 44.2. The van der Waals surface area contributed by atoms with Crippen LogP contribution in [0.15, 0.2) is 72.9 Å². The maximum absolute atomic E-state index is 12.8. The monoisotopic (exact) mass is 935 g/mol. The van der Waals surface area contributed by atoms with E-state index in [4.69, 9.17) is 14.2 Å². The van der Waals surface area contributed by atoms with E-state index in [2.05, 4.69) is 93.7 Å². The summed E-state index contributed by atoms with van der Waals surface area (Å²) in [6.45, 7) is 6.56. The van der Waals surface area contributed by atoms with E-state index in [0.29, 0.717) is 19.3 Å². The maximum atomic E-state index is 12.8. The second-order valence-corrected chi connectivity index (χ2v) is 18.8.